The van der Waals surface area contributed by atoms with Gasteiger partial charge in [-0.3, -0.25) is 4.79 Å². The van der Waals surface area contributed by atoms with Crippen LogP contribution in [0.1, 0.15) is 26.2 Å². The zero-order valence-electron chi connectivity index (χ0n) is 10.6. The summed E-state index contributed by atoms with van der Waals surface area (Å²) in [6.07, 6.45) is 1.71. The van der Waals surface area contributed by atoms with Gasteiger partial charge in [0.2, 0.25) is 5.91 Å². The van der Waals surface area contributed by atoms with E-state index >= 15 is 0 Å². The summed E-state index contributed by atoms with van der Waals surface area (Å²) < 4.78 is 10.3. The van der Waals surface area contributed by atoms with Crippen LogP contribution in [0.15, 0.2) is 0 Å². The van der Waals surface area contributed by atoms with E-state index in [9.17, 15) is 9.90 Å². The molecule has 1 fully saturated rings. The van der Waals surface area contributed by atoms with Crippen LogP contribution < -0.4 is 5.32 Å². The predicted molar refractivity (Wildman–Crippen MR) is 63.6 cm³/mol. The second kappa shape index (κ2) is 7.63. The molecule has 2 N–H and O–H groups in total. The summed E-state index contributed by atoms with van der Waals surface area (Å²) in [7, 11) is 1.61. The first kappa shape index (κ1) is 14.4. The molecule has 1 rings (SSSR count). The number of hydrogen-bond donors (Lipinski definition) is 2. The van der Waals surface area contributed by atoms with Gasteiger partial charge in [-0.2, -0.15) is 0 Å². The molecule has 17 heavy (non-hydrogen) atoms. The van der Waals surface area contributed by atoms with Crippen LogP contribution in [0.5, 0.6) is 0 Å². The molecule has 3 unspecified atom stereocenters. The highest BCUT2D eigenvalue weighted by Crippen LogP contribution is 2.17. The molecule has 0 saturated carbocycles. The van der Waals surface area contributed by atoms with E-state index in [0.29, 0.717) is 13.0 Å². The Morgan fingerprint density at radius 1 is 1.53 bits per heavy atom. The van der Waals surface area contributed by atoms with Crippen LogP contribution in [0.4, 0.5) is 0 Å². The van der Waals surface area contributed by atoms with Crippen molar-refractivity contribution in [3.63, 3.8) is 0 Å². The highest BCUT2D eigenvalue weighted by atomic mass is 16.5. The van der Waals surface area contributed by atoms with Gasteiger partial charge in [0.05, 0.1) is 25.4 Å². The van der Waals surface area contributed by atoms with E-state index in [1.54, 1.807) is 7.11 Å². The van der Waals surface area contributed by atoms with Gasteiger partial charge >= 0.3 is 0 Å². The van der Waals surface area contributed by atoms with Crippen molar-refractivity contribution in [2.24, 2.45) is 5.92 Å². The number of carbonyl (C=O) groups excluding carboxylic acids is 1. The van der Waals surface area contributed by atoms with Crippen molar-refractivity contribution in [1.82, 2.24) is 5.32 Å². The molecule has 0 aromatic carbocycles. The highest BCUT2D eigenvalue weighted by molar-refractivity contribution is 5.79. The Kier molecular flexibility index (Phi) is 6.47. The summed E-state index contributed by atoms with van der Waals surface area (Å²) in [4.78, 5) is 11.5. The largest absolute Gasteiger partial charge is 0.391 e. The van der Waals surface area contributed by atoms with Crippen molar-refractivity contribution in [2.75, 3.05) is 26.9 Å². The fraction of sp³-hybridized carbons (Fsp3) is 0.917. The van der Waals surface area contributed by atoms with Crippen molar-refractivity contribution in [3.8, 4) is 0 Å². The molecule has 1 heterocycles. The van der Waals surface area contributed by atoms with E-state index in [1.807, 2.05) is 6.92 Å². The van der Waals surface area contributed by atoms with Crippen molar-refractivity contribution in [3.05, 3.63) is 0 Å². The molecular formula is C12H23NO4. The third-order valence-corrected chi connectivity index (χ3v) is 2.93. The first-order chi connectivity index (χ1) is 8.13. The molecule has 1 aliphatic rings. The molecule has 1 aliphatic heterocycles. The minimum atomic E-state index is -0.580. The zero-order valence-corrected chi connectivity index (χ0v) is 10.6. The van der Waals surface area contributed by atoms with Crippen molar-refractivity contribution in [1.29, 1.82) is 0 Å². The molecule has 100 valence electrons. The van der Waals surface area contributed by atoms with Crippen molar-refractivity contribution < 1.29 is 19.4 Å². The average molecular weight is 245 g/mol. The summed E-state index contributed by atoms with van der Waals surface area (Å²) in [6.45, 7) is 3.42. The van der Waals surface area contributed by atoms with Gasteiger partial charge in [0.15, 0.2) is 0 Å². The number of hydrogen-bond acceptors (Lipinski definition) is 4. The lowest BCUT2D eigenvalue weighted by Crippen LogP contribution is -2.38. The van der Waals surface area contributed by atoms with Gasteiger partial charge in [-0.1, -0.05) is 0 Å². The van der Waals surface area contributed by atoms with Crippen LogP contribution in [0, 0.1) is 5.92 Å². The first-order valence-electron chi connectivity index (χ1n) is 6.19. The molecule has 1 saturated heterocycles. The number of rotatable bonds is 7. The van der Waals surface area contributed by atoms with Gasteiger partial charge in [-0.05, 0) is 26.2 Å². The monoisotopic (exact) mass is 245 g/mol. The first-order valence-corrected chi connectivity index (χ1v) is 6.19. The molecule has 0 aliphatic carbocycles. The van der Waals surface area contributed by atoms with Crippen LogP contribution in [0.25, 0.3) is 0 Å². The van der Waals surface area contributed by atoms with Crippen LogP contribution in [-0.4, -0.2) is 50.1 Å². The average Bonchev–Trinajstić information content (AvgIpc) is 2.30. The van der Waals surface area contributed by atoms with E-state index in [-0.39, 0.29) is 24.5 Å². The normalized spacial score (nSPS) is 24.2. The number of ether oxygens (including phenoxy) is 2. The summed E-state index contributed by atoms with van der Waals surface area (Å²) in [6, 6.07) is 0. The number of nitrogens with one attached hydrogen (secondary N) is 1. The minimum absolute atomic E-state index is 0.0326. The van der Waals surface area contributed by atoms with Crippen molar-refractivity contribution in [2.45, 2.75) is 38.4 Å². The van der Waals surface area contributed by atoms with Gasteiger partial charge in [0.1, 0.15) is 0 Å². The maximum absolute atomic E-state index is 11.5. The standard InChI is InChI=1S/C12H23NO4/c1-9(7-16-2)17-8-11(14)6-10-4-3-5-13-12(10)15/h9-11,14H,3-8H2,1-2H3,(H,13,15). The second-order valence-corrected chi connectivity index (χ2v) is 4.62. The van der Waals surface area contributed by atoms with Gasteiger partial charge in [-0.25, -0.2) is 0 Å². The van der Waals surface area contributed by atoms with E-state index < -0.39 is 6.10 Å². The molecule has 0 spiro atoms. The molecular weight excluding hydrogens is 222 g/mol. The summed E-state index contributed by atoms with van der Waals surface area (Å²) in [5.74, 6) is -0.0136. The molecule has 0 radical (unpaired) electrons. The Morgan fingerprint density at radius 3 is 2.94 bits per heavy atom. The SMILES string of the molecule is COCC(C)OCC(O)CC1CCCNC1=O. The lowest BCUT2D eigenvalue weighted by molar-refractivity contribution is -0.128. The summed E-state index contributed by atoms with van der Waals surface area (Å²) in [5, 5.41) is 12.6. The quantitative estimate of drug-likeness (QED) is 0.677. The molecule has 0 aromatic rings. The Balaban J connectivity index is 2.19. The lowest BCUT2D eigenvalue weighted by atomic mass is 9.93. The minimum Gasteiger partial charge on any atom is -0.391 e. The zero-order chi connectivity index (χ0) is 12.7. The number of methoxy groups -OCH3 is 1. The Labute approximate surface area is 102 Å². The highest BCUT2D eigenvalue weighted by Gasteiger charge is 2.24. The maximum Gasteiger partial charge on any atom is 0.223 e. The van der Waals surface area contributed by atoms with E-state index in [1.165, 1.54) is 0 Å². The molecule has 3 atom stereocenters. The summed E-state index contributed by atoms with van der Waals surface area (Å²) in [5.41, 5.74) is 0. The van der Waals surface area contributed by atoms with Crippen LogP contribution in [-0.2, 0) is 14.3 Å². The number of aliphatic hydroxyl groups excluding tert-OH is 1. The molecule has 0 aromatic heterocycles. The Bertz CT molecular complexity index is 235. The van der Waals surface area contributed by atoms with E-state index in [4.69, 9.17) is 9.47 Å². The third-order valence-electron chi connectivity index (χ3n) is 2.93. The second-order valence-electron chi connectivity index (χ2n) is 4.62. The Hall–Kier alpha value is -0.650. The smallest absolute Gasteiger partial charge is 0.223 e. The number of carbonyl (C=O) groups is 1. The number of aliphatic hydroxyl groups is 1. The fourth-order valence-electron chi connectivity index (χ4n) is 2.01. The number of piperidine rings is 1. The van der Waals surface area contributed by atoms with E-state index in [0.717, 1.165) is 19.4 Å². The van der Waals surface area contributed by atoms with Gasteiger partial charge in [-0.15, -0.1) is 0 Å². The topological polar surface area (TPSA) is 67.8 Å². The van der Waals surface area contributed by atoms with Crippen LogP contribution in [0.2, 0.25) is 0 Å². The predicted octanol–water partition coefficient (Wildman–Crippen LogP) is 0.315. The van der Waals surface area contributed by atoms with Gasteiger partial charge < -0.3 is 19.9 Å². The molecule has 5 heteroatoms. The Morgan fingerprint density at radius 2 is 2.29 bits per heavy atom. The van der Waals surface area contributed by atoms with Crippen molar-refractivity contribution >= 4 is 5.91 Å². The van der Waals surface area contributed by atoms with E-state index in [2.05, 4.69) is 5.32 Å². The number of amides is 1. The maximum atomic E-state index is 11.5. The third kappa shape index (κ3) is 5.48. The van der Waals surface area contributed by atoms with Crippen LogP contribution >= 0.6 is 0 Å². The van der Waals surface area contributed by atoms with Gasteiger partial charge in [0.25, 0.3) is 0 Å². The van der Waals surface area contributed by atoms with Gasteiger partial charge in [0, 0.05) is 19.6 Å². The molecule has 5 nitrogen and oxygen atoms in total. The van der Waals surface area contributed by atoms with Crippen LogP contribution in [0.3, 0.4) is 0 Å². The molecule has 0 bridgehead atoms. The summed E-state index contributed by atoms with van der Waals surface area (Å²) >= 11 is 0. The lowest BCUT2D eigenvalue weighted by Gasteiger charge is -2.24. The fourth-order valence-corrected chi connectivity index (χ4v) is 2.01. The molecule has 1 amide bonds.